The van der Waals surface area contributed by atoms with Crippen molar-refractivity contribution >= 4 is 39.6 Å². The molecule has 5 N–H and O–H groups in total. The lowest BCUT2D eigenvalue weighted by atomic mass is 9.89. The Kier molecular flexibility index (Phi) is 11.9. The van der Waals surface area contributed by atoms with Crippen LogP contribution in [0.2, 0.25) is 0 Å². The van der Waals surface area contributed by atoms with E-state index >= 15 is 0 Å². The Morgan fingerprint density at radius 2 is 1.56 bits per heavy atom. The zero-order valence-corrected chi connectivity index (χ0v) is 25.8. The van der Waals surface area contributed by atoms with Gasteiger partial charge in [-0.25, -0.2) is 13.2 Å². The molecule has 10 nitrogen and oxygen atoms in total. The second-order valence-corrected chi connectivity index (χ2v) is 13.2. The van der Waals surface area contributed by atoms with Crippen LogP contribution in [0.15, 0.2) is 22.5 Å². The van der Waals surface area contributed by atoms with Crippen LogP contribution in [0.4, 0.5) is 10.5 Å². The van der Waals surface area contributed by atoms with E-state index in [9.17, 15) is 18.0 Å². The van der Waals surface area contributed by atoms with Crippen LogP contribution in [0.5, 0.6) is 0 Å². The molecule has 2 aliphatic heterocycles. The van der Waals surface area contributed by atoms with Crippen LogP contribution < -0.4 is 21.7 Å². The number of carbonyl (C=O) groups is 2. The SMILES string of the molecule is Cc1cc(N(C)C(N)=O)cc(C)c1/C=C/S(=O)(=O)N1CCC2(CC1)N=C(CCCCCCCCCCCN)NC2=O. The van der Waals surface area contributed by atoms with E-state index in [1.807, 2.05) is 13.8 Å². The first-order valence-electron chi connectivity index (χ1n) is 14.9. The summed E-state index contributed by atoms with van der Waals surface area (Å²) in [6.45, 7) is 4.99. The Hall–Kier alpha value is -2.76. The van der Waals surface area contributed by atoms with Gasteiger partial charge in [-0.05, 0) is 81.0 Å². The third-order valence-electron chi connectivity index (χ3n) is 8.26. The summed E-state index contributed by atoms with van der Waals surface area (Å²) in [5.41, 5.74) is 13.1. The number of aliphatic imine (C=N–C) groups is 1. The fourth-order valence-corrected chi connectivity index (χ4v) is 6.77. The van der Waals surface area contributed by atoms with Crippen LogP contribution in [0.3, 0.4) is 0 Å². The Bertz CT molecular complexity index is 1210. The number of rotatable bonds is 15. The van der Waals surface area contributed by atoms with Crippen LogP contribution in [0.25, 0.3) is 6.08 Å². The number of anilines is 1. The van der Waals surface area contributed by atoms with Gasteiger partial charge in [-0.3, -0.25) is 14.7 Å². The lowest BCUT2D eigenvalue weighted by molar-refractivity contribution is -0.124. The molecule has 0 aromatic heterocycles. The largest absolute Gasteiger partial charge is 0.351 e. The molecule has 1 aromatic rings. The van der Waals surface area contributed by atoms with E-state index in [4.69, 9.17) is 16.5 Å². The maximum absolute atomic E-state index is 13.1. The molecule has 41 heavy (non-hydrogen) atoms. The summed E-state index contributed by atoms with van der Waals surface area (Å²) in [4.78, 5) is 30.5. The highest BCUT2D eigenvalue weighted by Crippen LogP contribution is 2.32. The van der Waals surface area contributed by atoms with Crippen molar-refractivity contribution in [3.05, 3.63) is 34.2 Å². The highest BCUT2D eigenvalue weighted by Gasteiger charge is 2.46. The number of hydrogen-bond acceptors (Lipinski definition) is 6. The number of amides is 3. The summed E-state index contributed by atoms with van der Waals surface area (Å²) in [6, 6.07) is 3.03. The average Bonchev–Trinajstić information content (AvgIpc) is 3.22. The number of carbonyl (C=O) groups excluding carboxylic acids is 2. The van der Waals surface area contributed by atoms with Crippen molar-refractivity contribution in [1.82, 2.24) is 9.62 Å². The molecule has 2 heterocycles. The van der Waals surface area contributed by atoms with Gasteiger partial charge in [-0.15, -0.1) is 0 Å². The van der Waals surface area contributed by atoms with Crippen LogP contribution in [0, 0.1) is 13.8 Å². The number of nitrogens with two attached hydrogens (primary N) is 2. The zero-order chi connectivity index (χ0) is 30.0. The molecule has 0 unspecified atom stereocenters. The van der Waals surface area contributed by atoms with Gasteiger partial charge in [0.05, 0.1) is 0 Å². The number of urea groups is 1. The van der Waals surface area contributed by atoms with E-state index < -0.39 is 21.6 Å². The van der Waals surface area contributed by atoms with Crippen molar-refractivity contribution in [2.45, 2.75) is 96.4 Å². The lowest BCUT2D eigenvalue weighted by Gasteiger charge is -2.34. The van der Waals surface area contributed by atoms with E-state index in [0.29, 0.717) is 18.5 Å². The van der Waals surface area contributed by atoms with Gasteiger partial charge in [0, 0.05) is 37.7 Å². The normalized spacial score (nSPS) is 17.3. The number of piperidine rings is 1. The monoisotopic (exact) mass is 588 g/mol. The first kappa shape index (κ1) is 32.8. The van der Waals surface area contributed by atoms with Crippen molar-refractivity contribution in [2.75, 3.05) is 31.6 Å². The Morgan fingerprint density at radius 3 is 2.10 bits per heavy atom. The van der Waals surface area contributed by atoms with Gasteiger partial charge in [0.2, 0.25) is 10.0 Å². The first-order chi connectivity index (χ1) is 19.5. The number of primary amides is 1. The summed E-state index contributed by atoms with van der Waals surface area (Å²) in [7, 11) is -2.09. The Labute approximate surface area is 245 Å². The molecule has 0 bridgehead atoms. The third kappa shape index (κ3) is 8.86. The number of amidine groups is 1. The molecular weight excluding hydrogens is 540 g/mol. The predicted octanol–water partition coefficient (Wildman–Crippen LogP) is 4.34. The molecule has 3 amide bonds. The van der Waals surface area contributed by atoms with Crippen molar-refractivity contribution in [1.29, 1.82) is 0 Å². The van der Waals surface area contributed by atoms with Gasteiger partial charge in [0.15, 0.2) is 0 Å². The molecule has 1 saturated heterocycles. The van der Waals surface area contributed by atoms with Gasteiger partial charge < -0.3 is 16.8 Å². The third-order valence-corrected chi connectivity index (χ3v) is 9.82. The van der Waals surface area contributed by atoms with Crippen LogP contribution in [-0.4, -0.2) is 62.7 Å². The highest BCUT2D eigenvalue weighted by atomic mass is 32.2. The molecule has 11 heteroatoms. The van der Waals surface area contributed by atoms with Gasteiger partial charge in [-0.2, -0.15) is 4.31 Å². The minimum Gasteiger partial charge on any atom is -0.351 e. The van der Waals surface area contributed by atoms with Crippen molar-refractivity contribution in [2.24, 2.45) is 16.5 Å². The van der Waals surface area contributed by atoms with E-state index in [-0.39, 0.29) is 19.0 Å². The minimum absolute atomic E-state index is 0.107. The number of hydrogen-bond donors (Lipinski definition) is 3. The van der Waals surface area contributed by atoms with Crippen molar-refractivity contribution in [3.8, 4) is 0 Å². The maximum Gasteiger partial charge on any atom is 0.318 e. The molecule has 0 aliphatic carbocycles. The zero-order valence-electron chi connectivity index (χ0n) is 25.0. The highest BCUT2D eigenvalue weighted by molar-refractivity contribution is 7.92. The molecule has 0 radical (unpaired) electrons. The molecule has 0 saturated carbocycles. The average molecular weight is 589 g/mol. The fourth-order valence-electron chi connectivity index (χ4n) is 5.60. The van der Waals surface area contributed by atoms with Gasteiger partial charge in [0.1, 0.15) is 11.4 Å². The Morgan fingerprint density at radius 1 is 1.02 bits per heavy atom. The van der Waals surface area contributed by atoms with Crippen LogP contribution in [-0.2, 0) is 14.8 Å². The molecule has 228 valence electrons. The molecule has 2 aliphatic rings. The Balaban J connectivity index is 1.49. The maximum atomic E-state index is 13.1. The number of benzene rings is 1. The summed E-state index contributed by atoms with van der Waals surface area (Å²) >= 11 is 0. The topological polar surface area (TPSA) is 151 Å². The van der Waals surface area contributed by atoms with E-state index in [0.717, 1.165) is 54.8 Å². The van der Waals surface area contributed by atoms with Gasteiger partial charge in [0.25, 0.3) is 5.91 Å². The molecule has 1 spiro atoms. The van der Waals surface area contributed by atoms with Gasteiger partial charge in [-0.1, -0.05) is 44.9 Å². The minimum atomic E-state index is -3.68. The summed E-state index contributed by atoms with van der Waals surface area (Å²) in [6.07, 6.45) is 13.8. The predicted molar refractivity (Wildman–Crippen MR) is 166 cm³/mol. The second kappa shape index (κ2) is 14.9. The summed E-state index contributed by atoms with van der Waals surface area (Å²) in [5, 5.41) is 4.19. The molecule has 1 aromatic carbocycles. The molecule has 0 atom stereocenters. The van der Waals surface area contributed by atoms with Crippen LogP contribution >= 0.6 is 0 Å². The van der Waals surface area contributed by atoms with E-state index in [2.05, 4.69) is 5.32 Å². The van der Waals surface area contributed by atoms with E-state index in [1.54, 1.807) is 25.3 Å². The molecule has 3 rings (SSSR count). The number of nitrogens with one attached hydrogen (secondary N) is 1. The summed E-state index contributed by atoms with van der Waals surface area (Å²) in [5.74, 6) is 0.634. The van der Waals surface area contributed by atoms with Crippen LogP contribution in [0.1, 0.15) is 93.7 Å². The smallest absolute Gasteiger partial charge is 0.318 e. The molecule has 1 fully saturated rings. The number of sulfonamides is 1. The fraction of sp³-hybridized carbons (Fsp3) is 0.633. The first-order valence-corrected chi connectivity index (χ1v) is 16.4. The standard InChI is InChI=1S/C30H48N6O4S/c1-23-21-25(35(3)29(32)38)22-24(2)26(23)14-20-41(39,40)36-18-15-30(16-19-36)28(37)33-27(34-30)13-11-9-7-5-4-6-8-10-12-17-31/h14,20-22H,4-13,15-19,31H2,1-3H3,(H2,32,38)(H,33,34,37)/b20-14+. The van der Waals surface area contributed by atoms with Crippen molar-refractivity contribution in [3.63, 3.8) is 0 Å². The van der Waals surface area contributed by atoms with Gasteiger partial charge >= 0.3 is 6.03 Å². The summed E-state index contributed by atoms with van der Waals surface area (Å²) < 4.78 is 27.7. The lowest BCUT2D eigenvalue weighted by Crippen LogP contribution is -2.50. The second-order valence-electron chi connectivity index (χ2n) is 11.4. The number of aryl methyl sites for hydroxylation is 2. The van der Waals surface area contributed by atoms with E-state index in [1.165, 1.54) is 53.1 Å². The molecular formula is C30H48N6O4S. The quantitative estimate of drug-likeness (QED) is 0.260. The number of unbranched alkanes of at least 4 members (excludes halogenated alkanes) is 8. The van der Waals surface area contributed by atoms with Crippen molar-refractivity contribution < 1.29 is 18.0 Å². The number of nitrogens with zero attached hydrogens (tertiary/aromatic N) is 3.